The highest BCUT2D eigenvalue weighted by atomic mass is 19.2. The van der Waals surface area contributed by atoms with Gasteiger partial charge in [-0.05, 0) is 6.92 Å². The highest BCUT2D eigenvalue weighted by Crippen LogP contribution is 2.18. The number of halogens is 3. The van der Waals surface area contributed by atoms with Crippen LogP contribution in [0.25, 0.3) is 0 Å². The monoisotopic (exact) mass is 259 g/mol. The summed E-state index contributed by atoms with van der Waals surface area (Å²) in [5, 5.41) is 2.53. The number of benzene rings is 1. The van der Waals surface area contributed by atoms with E-state index in [2.05, 4.69) is 10.1 Å². The number of ether oxygens (including phenoxy) is 1. The first kappa shape index (κ1) is 14.1. The number of rotatable bonds is 4. The van der Waals surface area contributed by atoms with E-state index in [9.17, 15) is 18.0 Å². The van der Waals surface area contributed by atoms with Crippen molar-refractivity contribution in [1.82, 2.24) is 0 Å². The topological polar surface area (TPSA) is 38.3 Å². The lowest BCUT2D eigenvalue weighted by atomic mass is 10.2. The Labute approximate surface area is 102 Å². The van der Waals surface area contributed by atoms with Gasteiger partial charge in [-0.2, -0.15) is 0 Å². The lowest BCUT2D eigenvalue weighted by Crippen LogP contribution is -2.06. The third kappa shape index (κ3) is 3.51. The Kier molecular flexibility index (Phi) is 4.76. The molecule has 0 atom stereocenters. The molecule has 98 valence electrons. The molecule has 0 aliphatic carbocycles. The molecular weight excluding hydrogens is 247 g/mol. The van der Waals surface area contributed by atoms with E-state index in [1.165, 1.54) is 20.1 Å². The van der Waals surface area contributed by atoms with Gasteiger partial charge in [-0.15, -0.1) is 0 Å². The predicted octanol–water partition coefficient (Wildman–Crippen LogP) is 2.64. The molecule has 0 aliphatic rings. The minimum Gasteiger partial charge on any atom is -0.466 e. The van der Waals surface area contributed by atoms with E-state index in [1.807, 2.05) is 0 Å². The maximum atomic E-state index is 13.2. The Morgan fingerprint density at radius 2 is 1.89 bits per heavy atom. The van der Waals surface area contributed by atoms with E-state index in [4.69, 9.17) is 0 Å². The largest absolute Gasteiger partial charge is 0.466 e. The van der Waals surface area contributed by atoms with Gasteiger partial charge in [0.25, 0.3) is 0 Å². The van der Waals surface area contributed by atoms with Gasteiger partial charge in [-0.25, -0.2) is 18.0 Å². The van der Waals surface area contributed by atoms with Crippen LogP contribution in [0, 0.1) is 17.5 Å². The van der Waals surface area contributed by atoms with Crippen molar-refractivity contribution in [3.05, 3.63) is 41.2 Å². The van der Waals surface area contributed by atoms with Gasteiger partial charge in [-0.1, -0.05) is 6.08 Å². The molecule has 0 saturated heterocycles. The van der Waals surface area contributed by atoms with Gasteiger partial charge in [0.2, 0.25) is 0 Å². The van der Waals surface area contributed by atoms with Gasteiger partial charge in [-0.3, -0.25) is 0 Å². The number of anilines is 1. The van der Waals surface area contributed by atoms with Gasteiger partial charge in [0.15, 0.2) is 11.6 Å². The van der Waals surface area contributed by atoms with Crippen molar-refractivity contribution in [2.24, 2.45) is 0 Å². The fraction of sp³-hybridized carbons (Fsp3) is 0.250. The fourth-order valence-electron chi connectivity index (χ4n) is 1.22. The van der Waals surface area contributed by atoms with E-state index in [0.717, 1.165) is 0 Å². The molecule has 0 aromatic heterocycles. The first-order chi connectivity index (χ1) is 8.45. The summed E-state index contributed by atoms with van der Waals surface area (Å²) in [6.45, 7) is 1.61. The van der Waals surface area contributed by atoms with Crippen LogP contribution in [0.2, 0.25) is 0 Å². The molecule has 0 unspecified atom stereocenters. The second kappa shape index (κ2) is 6.09. The van der Waals surface area contributed by atoms with Crippen LogP contribution in [0.1, 0.15) is 6.92 Å². The maximum Gasteiger partial charge on any atom is 0.333 e. The highest BCUT2D eigenvalue weighted by molar-refractivity contribution is 5.87. The Balaban J connectivity index is 2.70. The van der Waals surface area contributed by atoms with E-state index >= 15 is 0 Å². The molecule has 1 aromatic carbocycles. The van der Waals surface area contributed by atoms with Crippen molar-refractivity contribution in [3.8, 4) is 0 Å². The van der Waals surface area contributed by atoms with Crippen molar-refractivity contribution in [2.45, 2.75) is 6.92 Å². The van der Waals surface area contributed by atoms with Crippen LogP contribution >= 0.6 is 0 Å². The SMILES string of the molecule is COC(=O)/C(C)=C/CNc1cc(F)c(F)cc1F. The summed E-state index contributed by atoms with van der Waals surface area (Å²) in [6, 6.07) is 1.17. The van der Waals surface area contributed by atoms with Crippen molar-refractivity contribution < 1.29 is 22.7 Å². The van der Waals surface area contributed by atoms with Crippen molar-refractivity contribution >= 4 is 11.7 Å². The van der Waals surface area contributed by atoms with Gasteiger partial charge < -0.3 is 10.1 Å². The molecule has 0 heterocycles. The zero-order valence-corrected chi connectivity index (χ0v) is 9.89. The minimum atomic E-state index is -1.25. The lowest BCUT2D eigenvalue weighted by molar-refractivity contribution is -0.136. The lowest BCUT2D eigenvalue weighted by Gasteiger charge is -2.06. The standard InChI is InChI=1S/C12H12F3NO2/c1-7(12(17)18-2)3-4-16-11-6-9(14)8(13)5-10(11)15/h3,5-6,16H,4H2,1-2H3/b7-3+. The predicted molar refractivity (Wildman–Crippen MR) is 60.6 cm³/mol. The van der Waals surface area contributed by atoms with Gasteiger partial charge >= 0.3 is 5.97 Å². The van der Waals surface area contributed by atoms with Crippen molar-refractivity contribution in [2.75, 3.05) is 19.0 Å². The fourth-order valence-corrected chi connectivity index (χ4v) is 1.22. The molecule has 0 bridgehead atoms. The smallest absolute Gasteiger partial charge is 0.333 e. The molecule has 0 saturated carbocycles. The van der Waals surface area contributed by atoms with Gasteiger partial charge in [0.05, 0.1) is 12.8 Å². The summed E-state index contributed by atoms with van der Waals surface area (Å²) in [7, 11) is 1.24. The van der Waals surface area contributed by atoms with Crippen LogP contribution < -0.4 is 5.32 Å². The summed E-state index contributed by atoms with van der Waals surface area (Å²) in [5.41, 5.74) is 0.149. The summed E-state index contributed by atoms with van der Waals surface area (Å²) < 4.78 is 43.2. The van der Waals surface area contributed by atoms with E-state index < -0.39 is 23.4 Å². The summed E-state index contributed by atoms with van der Waals surface area (Å²) in [4.78, 5) is 11.0. The van der Waals surface area contributed by atoms with Crippen LogP contribution in [0.5, 0.6) is 0 Å². The number of carbonyl (C=O) groups excluding carboxylic acids is 1. The van der Waals surface area contributed by atoms with Gasteiger partial charge in [0.1, 0.15) is 5.82 Å². The van der Waals surface area contributed by atoms with E-state index in [0.29, 0.717) is 17.7 Å². The molecule has 0 radical (unpaired) electrons. The van der Waals surface area contributed by atoms with Crippen molar-refractivity contribution in [3.63, 3.8) is 0 Å². The molecule has 3 nitrogen and oxygen atoms in total. The first-order valence-electron chi connectivity index (χ1n) is 5.09. The molecule has 6 heteroatoms. The number of methoxy groups -OCH3 is 1. The normalized spacial score (nSPS) is 11.3. The molecule has 1 N–H and O–H groups in total. The maximum absolute atomic E-state index is 13.2. The van der Waals surface area contributed by atoms with Crippen molar-refractivity contribution in [1.29, 1.82) is 0 Å². The second-order valence-electron chi connectivity index (χ2n) is 3.51. The zero-order chi connectivity index (χ0) is 13.7. The van der Waals surface area contributed by atoms with E-state index in [-0.39, 0.29) is 12.2 Å². The molecule has 1 rings (SSSR count). The number of hydrogen-bond acceptors (Lipinski definition) is 3. The summed E-state index contributed by atoms with van der Waals surface area (Å²) in [5.74, 6) is -3.81. The average molecular weight is 259 g/mol. The average Bonchev–Trinajstić information content (AvgIpc) is 2.34. The third-order valence-electron chi connectivity index (χ3n) is 2.22. The summed E-state index contributed by atoms with van der Waals surface area (Å²) >= 11 is 0. The third-order valence-corrected chi connectivity index (χ3v) is 2.22. The Bertz CT molecular complexity index is 486. The van der Waals surface area contributed by atoms with Gasteiger partial charge in [0, 0.05) is 24.3 Å². The number of carbonyl (C=O) groups is 1. The van der Waals surface area contributed by atoms with Crippen LogP contribution in [0.3, 0.4) is 0 Å². The van der Waals surface area contributed by atoms with Crippen LogP contribution in [0.15, 0.2) is 23.8 Å². The zero-order valence-electron chi connectivity index (χ0n) is 9.89. The minimum absolute atomic E-state index is 0.0862. The van der Waals surface area contributed by atoms with E-state index in [1.54, 1.807) is 0 Å². The Morgan fingerprint density at radius 1 is 1.28 bits per heavy atom. The molecule has 0 amide bonds. The molecule has 0 aliphatic heterocycles. The Morgan fingerprint density at radius 3 is 2.50 bits per heavy atom. The van der Waals surface area contributed by atoms with Crippen LogP contribution in [0.4, 0.5) is 18.9 Å². The number of hydrogen-bond donors (Lipinski definition) is 1. The number of esters is 1. The highest BCUT2D eigenvalue weighted by Gasteiger charge is 2.09. The second-order valence-corrected chi connectivity index (χ2v) is 3.51. The quantitative estimate of drug-likeness (QED) is 0.513. The molecule has 18 heavy (non-hydrogen) atoms. The first-order valence-corrected chi connectivity index (χ1v) is 5.09. The van der Waals surface area contributed by atoms with Crippen LogP contribution in [-0.4, -0.2) is 19.6 Å². The molecule has 0 spiro atoms. The Hall–Kier alpha value is -1.98. The number of nitrogens with one attached hydrogen (secondary N) is 1. The molecule has 0 fully saturated rings. The molecular formula is C12H12F3NO2. The summed E-state index contributed by atoms with van der Waals surface area (Å²) in [6.07, 6.45) is 1.45. The molecule has 1 aromatic rings. The van der Waals surface area contributed by atoms with Crippen LogP contribution in [-0.2, 0) is 9.53 Å².